The SMILES string of the molecule is N#CCOc1cccc(CNCCC2=CCCC2)c1. The van der Waals surface area contributed by atoms with Crippen molar-refractivity contribution in [3.05, 3.63) is 41.5 Å². The average Bonchev–Trinajstić information content (AvgIpc) is 2.95. The molecule has 1 aliphatic rings. The molecule has 0 unspecified atom stereocenters. The molecule has 1 aliphatic carbocycles. The minimum absolute atomic E-state index is 0.102. The summed E-state index contributed by atoms with van der Waals surface area (Å²) in [6, 6.07) is 9.87. The first kappa shape index (κ1) is 13.6. The van der Waals surface area contributed by atoms with Gasteiger partial charge in [-0.05, 0) is 49.9 Å². The van der Waals surface area contributed by atoms with Gasteiger partial charge in [0.2, 0.25) is 0 Å². The number of allylic oxidation sites excluding steroid dienone is 1. The van der Waals surface area contributed by atoms with Gasteiger partial charge >= 0.3 is 0 Å². The van der Waals surface area contributed by atoms with Crippen molar-refractivity contribution in [1.82, 2.24) is 5.32 Å². The van der Waals surface area contributed by atoms with Crippen LogP contribution in [0, 0.1) is 11.3 Å². The summed E-state index contributed by atoms with van der Waals surface area (Å²) < 4.78 is 5.29. The molecule has 0 amide bonds. The van der Waals surface area contributed by atoms with Crippen LogP contribution in [0.2, 0.25) is 0 Å². The van der Waals surface area contributed by atoms with Crippen LogP contribution in [0.5, 0.6) is 5.75 Å². The number of nitrogens with zero attached hydrogens (tertiary/aromatic N) is 1. The van der Waals surface area contributed by atoms with Gasteiger partial charge in [0.25, 0.3) is 0 Å². The van der Waals surface area contributed by atoms with E-state index in [1.807, 2.05) is 24.3 Å². The van der Waals surface area contributed by atoms with Crippen molar-refractivity contribution in [1.29, 1.82) is 5.26 Å². The van der Waals surface area contributed by atoms with Gasteiger partial charge in [0, 0.05) is 6.54 Å². The van der Waals surface area contributed by atoms with Gasteiger partial charge in [-0.3, -0.25) is 0 Å². The van der Waals surface area contributed by atoms with E-state index in [1.165, 1.54) is 24.8 Å². The highest BCUT2D eigenvalue weighted by Crippen LogP contribution is 2.19. The van der Waals surface area contributed by atoms with Crippen molar-refractivity contribution in [2.75, 3.05) is 13.2 Å². The van der Waals surface area contributed by atoms with Crippen molar-refractivity contribution in [2.24, 2.45) is 0 Å². The van der Waals surface area contributed by atoms with Crippen LogP contribution in [0.4, 0.5) is 0 Å². The maximum absolute atomic E-state index is 8.48. The second kappa shape index (κ2) is 7.60. The molecule has 1 N–H and O–H groups in total. The Labute approximate surface area is 114 Å². The van der Waals surface area contributed by atoms with E-state index in [2.05, 4.69) is 17.5 Å². The van der Waals surface area contributed by atoms with Crippen molar-refractivity contribution in [3.8, 4) is 11.8 Å². The van der Waals surface area contributed by atoms with E-state index in [0.717, 1.165) is 25.3 Å². The molecule has 19 heavy (non-hydrogen) atoms. The van der Waals surface area contributed by atoms with E-state index in [9.17, 15) is 0 Å². The summed E-state index contributed by atoms with van der Waals surface area (Å²) in [5, 5.41) is 11.9. The normalized spacial score (nSPS) is 13.9. The highest BCUT2D eigenvalue weighted by Gasteiger charge is 2.03. The largest absolute Gasteiger partial charge is 0.479 e. The second-order valence-electron chi connectivity index (χ2n) is 4.78. The van der Waals surface area contributed by atoms with E-state index in [-0.39, 0.29) is 6.61 Å². The lowest BCUT2D eigenvalue weighted by Gasteiger charge is -2.07. The van der Waals surface area contributed by atoms with Gasteiger partial charge in [0.1, 0.15) is 11.8 Å². The third-order valence-electron chi connectivity index (χ3n) is 3.29. The van der Waals surface area contributed by atoms with Gasteiger partial charge in [-0.2, -0.15) is 5.26 Å². The topological polar surface area (TPSA) is 45.0 Å². The van der Waals surface area contributed by atoms with Gasteiger partial charge in [-0.15, -0.1) is 0 Å². The molecule has 3 heteroatoms. The second-order valence-corrected chi connectivity index (χ2v) is 4.78. The third-order valence-corrected chi connectivity index (χ3v) is 3.29. The average molecular weight is 256 g/mol. The zero-order valence-corrected chi connectivity index (χ0v) is 11.2. The van der Waals surface area contributed by atoms with Crippen LogP contribution in [0.15, 0.2) is 35.9 Å². The van der Waals surface area contributed by atoms with Gasteiger partial charge in [0.15, 0.2) is 6.61 Å². The minimum Gasteiger partial charge on any atom is -0.479 e. The monoisotopic (exact) mass is 256 g/mol. The molecule has 0 radical (unpaired) electrons. The van der Waals surface area contributed by atoms with E-state index in [1.54, 1.807) is 5.57 Å². The van der Waals surface area contributed by atoms with E-state index < -0.39 is 0 Å². The summed E-state index contributed by atoms with van der Waals surface area (Å²) in [4.78, 5) is 0. The Balaban J connectivity index is 1.71. The van der Waals surface area contributed by atoms with Crippen molar-refractivity contribution in [3.63, 3.8) is 0 Å². The molecule has 2 rings (SSSR count). The Bertz CT molecular complexity index is 474. The smallest absolute Gasteiger partial charge is 0.174 e. The Kier molecular flexibility index (Phi) is 5.46. The summed E-state index contributed by atoms with van der Waals surface area (Å²) in [6.45, 7) is 1.97. The molecular weight excluding hydrogens is 236 g/mol. The first-order chi connectivity index (χ1) is 9.38. The van der Waals surface area contributed by atoms with Crippen LogP contribution in [0.1, 0.15) is 31.2 Å². The quantitative estimate of drug-likeness (QED) is 0.602. The zero-order chi connectivity index (χ0) is 13.3. The number of hydrogen-bond acceptors (Lipinski definition) is 3. The van der Waals surface area contributed by atoms with Crippen LogP contribution < -0.4 is 10.1 Å². The fraction of sp³-hybridized carbons (Fsp3) is 0.438. The van der Waals surface area contributed by atoms with Gasteiger partial charge in [-0.25, -0.2) is 0 Å². The molecule has 1 aromatic carbocycles. The van der Waals surface area contributed by atoms with Gasteiger partial charge in [0.05, 0.1) is 0 Å². The molecular formula is C16H20N2O. The Morgan fingerprint density at radius 2 is 2.32 bits per heavy atom. The number of benzene rings is 1. The molecule has 1 aromatic rings. The van der Waals surface area contributed by atoms with E-state index >= 15 is 0 Å². The fourth-order valence-corrected chi connectivity index (χ4v) is 2.31. The van der Waals surface area contributed by atoms with E-state index in [0.29, 0.717) is 0 Å². The number of nitrogens with one attached hydrogen (secondary N) is 1. The maximum atomic E-state index is 8.48. The van der Waals surface area contributed by atoms with Crippen molar-refractivity contribution in [2.45, 2.75) is 32.2 Å². The predicted octanol–water partition coefficient (Wildman–Crippen LogP) is 3.18. The minimum atomic E-state index is 0.102. The van der Waals surface area contributed by atoms with Crippen molar-refractivity contribution >= 4 is 0 Å². The van der Waals surface area contributed by atoms with Crippen LogP contribution in [-0.4, -0.2) is 13.2 Å². The Morgan fingerprint density at radius 3 is 3.11 bits per heavy atom. The first-order valence-corrected chi connectivity index (χ1v) is 6.86. The van der Waals surface area contributed by atoms with Gasteiger partial charge in [-0.1, -0.05) is 23.8 Å². The summed E-state index contributed by atoms with van der Waals surface area (Å²) in [5.74, 6) is 0.763. The fourth-order valence-electron chi connectivity index (χ4n) is 2.31. The Morgan fingerprint density at radius 1 is 1.37 bits per heavy atom. The van der Waals surface area contributed by atoms with Crippen LogP contribution >= 0.6 is 0 Å². The number of rotatable bonds is 7. The van der Waals surface area contributed by atoms with Crippen LogP contribution in [0.3, 0.4) is 0 Å². The first-order valence-electron chi connectivity index (χ1n) is 6.86. The molecule has 0 aliphatic heterocycles. The molecule has 0 atom stereocenters. The Hall–Kier alpha value is -1.79. The lowest BCUT2D eigenvalue weighted by atomic mass is 10.1. The maximum Gasteiger partial charge on any atom is 0.174 e. The molecule has 0 spiro atoms. The molecule has 0 saturated carbocycles. The van der Waals surface area contributed by atoms with Crippen LogP contribution in [-0.2, 0) is 6.54 Å². The van der Waals surface area contributed by atoms with Crippen LogP contribution in [0.25, 0.3) is 0 Å². The van der Waals surface area contributed by atoms with Crippen molar-refractivity contribution < 1.29 is 4.74 Å². The highest BCUT2D eigenvalue weighted by atomic mass is 16.5. The molecule has 0 bridgehead atoms. The zero-order valence-electron chi connectivity index (χ0n) is 11.2. The molecule has 0 fully saturated rings. The summed E-state index contributed by atoms with van der Waals surface area (Å²) in [6.07, 6.45) is 7.39. The van der Waals surface area contributed by atoms with Gasteiger partial charge < -0.3 is 10.1 Å². The standard InChI is InChI=1S/C16H20N2O/c17-9-11-19-16-7-3-6-15(12-16)13-18-10-8-14-4-1-2-5-14/h3-4,6-7,12,18H,1-2,5,8,10-11,13H2. The number of hydrogen-bond donors (Lipinski definition) is 1. The molecule has 3 nitrogen and oxygen atoms in total. The molecule has 0 heterocycles. The third kappa shape index (κ3) is 4.76. The highest BCUT2D eigenvalue weighted by molar-refractivity contribution is 5.28. The summed E-state index contributed by atoms with van der Waals surface area (Å²) >= 11 is 0. The molecule has 0 saturated heterocycles. The predicted molar refractivity (Wildman–Crippen MR) is 75.8 cm³/mol. The van der Waals surface area contributed by atoms with E-state index in [4.69, 9.17) is 10.00 Å². The number of ether oxygens (including phenoxy) is 1. The molecule has 0 aromatic heterocycles. The summed E-state index contributed by atoms with van der Waals surface area (Å²) in [7, 11) is 0. The molecule has 100 valence electrons. The lowest BCUT2D eigenvalue weighted by molar-refractivity contribution is 0.367. The lowest BCUT2D eigenvalue weighted by Crippen LogP contribution is -2.15. The number of nitriles is 1. The summed E-state index contributed by atoms with van der Waals surface area (Å²) in [5.41, 5.74) is 2.79.